The molecular formula is C18H18O. The van der Waals surface area contributed by atoms with Gasteiger partial charge in [0.2, 0.25) is 0 Å². The lowest BCUT2D eigenvalue weighted by molar-refractivity contribution is 0.0857. The summed E-state index contributed by atoms with van der Waals surface area (Å²) < 4.78 is 6.23. The van der Waals surface area contributed by atoms with Gasteiger partial charge >= 0.3 is 0 Å². The quantitative estimate of drug-likeness (QED) is 0.671. The fourth-order valence-electron chi connectivity index (χ4n) is 3.39. The molecule has 0 unspecified atom stereocenters. The van der Waals surface area contributed by atoms with Crippen molar-refractivity contribution in [1.82, 2.24) is 0 Å². The molecule has 0 radical (unpaired) electrons. The van der Waals surface area contributed by atoms with E-state index in [0.29, 0.717) is 0 Å². The van der Waals surface area contributed by atoms with Crippen LogP contribution in [0, 0.1) is 27.7 Å². The molecule has 0 amide bonds. The average Bonchev–Trinajstić information content (AvgIpc) is 2.88. The van der Waals surface area contributed by atoms with E-state index >= 15 is 0 Å². The SMILES string of the molecule is Cc1cc2c(cc1C)C1OC2c2cc(C)c(C)cc21. The van der Waals surface area contributed by atoms with Crippen molar-refractivity contribution in [2.45, 2.75) is 39.9 Å². The van der Waals surface area contributed by atoms with Crippen LogP contribution in [0.15, 0.2) is 24.3 Å². The number of benzene rings is 2. The number of ether oxygens (including phenoxy) is 1. The van der Waals surface area contributed by atoms with Crippen LogP contribution in [0.5, 0.6) is 0 Å². The number of fused-ring (bicyclic) bond motifs is 8. The fourth-order valence-corrected chi connectivity index (χ4v) is 3.39. The maximum Gasteiger partial charge on any atom is 0.110 e. The Labute approximate surface area is 114 Å². The van der Waals surface area contributed by atoms with Gasteiger partial charge in [0.05, 0.1) is 0 Å². The summed E-state index contributed by atoms with van der Waals surface area (Å²) in [5, 5.41) is 0. The Kier molecular flexibility index (Phi) is 2.06. The minimum Gasteiger partial charge on any atom is -0.356 e. The summed E-state index contributed by atoms with van der Waals surface area (Å²) in [6, 6.07) is 9.25. The van der Waals surface area contributed by atoms with Crippen molar-refractivity contribution < 1.29 is 4.74 Å². The predicted molar refractivity (Wildman–Crippen MR) is 76.6 cm³/mol. The van der Waals surface area contributed by atoms with Crippen LogP contribution in [0.25, 0.3) is 0 Å². The molecule has 0 aliphatic carbocycles. The zero-order valence-corrected chi connectivity index (χ0v) is 11.9. The maximum atomic E-state index is 6.23. The van der Waals surface area contributed by atoms with E-state index in [9.17, 15) is 0 Å². The van der Waals surface area contributed by atoms with Gasteiger partial charge in [-0.2, -0.15) is 0 Å². The van der Waals surface area contributed by atoms with Gasteiger partial charge in [0.1, 0.15) is 12.2 Å². The molecule has 2 aromatic carbocycles. The third kappa shape index (κ3) is 1.34. The molecule has 2 aromatic rings. The first-order valence-electron chi connectivity index (χ1n) is 6.94. The molecule has 0 aromatic heterocycles. The summed E-state index contributed by atoms with van der Waals surface area (Å²) in [5.74, 6) is 0. The average molecular weight is 250 g/mol. The van der Waals surface area contributed by atoms with Gasteiger partial charge in [-0.05, 0) is 72.2 Å². The second-order valence-corrected chi connectivity index (χ2v) is 6.03. The lowest BCUT2D eigenvalue weighted by Crippen LogP contribution is -2.05. The first-order chi connectivity index (χ1) is 9.06. The first kappa shape index (κ1) is 11.2. The van der Waals surface area contributed by atoms with E-state index in [1.165, 1.54) is 44.5 Å². The molecule has 0 saturated heterocycles. The largest absolute Gasteiger partial charge is 0.356 e. The molecule has 0 spiro atoms. The van der Waals surface area contributed by atoms with Crippen LogP contribution in [-0.4, -0.2) is 0 Å². The Morgan fingerprint density at radius 3 is 1.11 bits per heavy atom. The molecule has 0 N–H and O–H groups in total. The van der Waals surface area contributed by atoms with E-state index in [-0.39, 0.29) is 12.2 Å². The van der Waals surface area contributed by atoms with Gasteiger partial charge in [0.25, 0.3) is 0 Å². The molecule has 4 rings (SSSR count). The monoisotopic (exact) mass is 250 g/mol. The smallest absolute Gasteiger partial charge is 0.110 e. The standard InChI is InChI=1S/C18H18O/c1-9-5-13-14(6-10(9)2)18-16-8-12(4)11(3)7-15(16)17(13)19-18/h5-8,17-18H,1-4H3. The summed E-state index contributed by atoms with van der Waals surface area (Å²) in [4.78, 5) is 0. The van der Waals surface area contributed by atoms with Gasteiger partial charge in [-0.15, -0.1) is 0 Å². The van der Waals surface area contributed by atoms with Crippen LogP contribution in [0.2, 0.25) is 0 Å². The van der Waals surface area contributed by atoms with E-state index in [4.69, 9.17) is 4.74 Å². The molecular weight excluding hydrogens is 232 g/mol. The predicted octanol–water partition coefficient (Wildman–Crippen LogP) is 4.44. The Balaban J connectivity index is 1.96. The zero-order valence-electron chi connectivity index (χ0n) is 11.9. The molecule has 1 heteroatoms. The van der Waals surface area contributed by atoms with Crippen molar-refractivity contribution in [3.8, 4) is 0 Å². The van der Waals surface area contributed by atoms with Crippen LogP contribution < -0.4 is 0 Å². The summed E-state index contributed by atoms with van der Waals surface area (Å²) >= 11 is 0. The first-order valence-corrected chi connectivity index (χ1v) is 6.94. The molecule has 0 atom stereocenters. The lowest BCUT2D eigenvalue weighted by atomic mass is 9.82. The molecule has 96 valence electrons. The van der Waals surface area contributed by atoms with Crippen molar-refractivity contribution in [2.24, 2.45) is 0 Å². The highest BCUT2D eigenvalue weighted by Gasteiger charge is 2.42. The molecule has 19 heavy (non-hydrogen) atoms. The Morgan fingerprint density at radius 2 is 0.842 bits per heavy atom. The topological polar surface area (TPSA) is 9.23 Å². The van der Waals surface area contributed by atoms with Gasteiger partial charge in [-0.1, -0.05) is 24.3 Å². The third-order valence-electron chi connectivity index (χ3n) is 4.80. The van der Waals surface area contributed by atoms with Crippen molar-refractivity contribution in [1.29, 1.82) is 0 Å². The minimum absolute atomic E-state index is 0.161. The second-order valence-electron chi connectivity index (χ2n) is 6.03. The van der Waals surface area contributed by atoms with Gasteiger partial charge < -0.3 is 4.74 Å². The van der Waals surface area contributed by atoms with Crippen LogP contribution in [0.3, 0.4) is 0 Å². The van der Waals surface area contributed by atoms with Gasteiger partial charge in [-0.25, -0.2) is 0 Å². The minimum atomic E-state index is 0.161. The summed E-state index contributed by atoms with van der Waals surface area (Å²) in [6.07, 6.45) is 0.321. The van der Waals surface area contributed by atoms with Crippen LogP contribution in [0.4, 0.5) is 0 Å². The fraction of sp³-hybridized carbons (Fsp3) is 0.333. The Bertz CT molecular complexity index is 593. The molecule has 2 aliphatic rings. The molecule has 2 heterocycles. The normalized spacial score (nSPS) is 22.5. The number of rotatable bonds is 0. The third-order valence-corrected chi connectivity index (χ3v) is 4.80. The van der Waals surface area contributed by atoms with Gasteiger partial charge in [-0.3, -0.25) is 0 Å². The van der Waals surface area contributed by atoms with E-state index in [0.717, 1.165) is 0 Å². The molecule has 2 aliphatic heterocycles. The van der Waals surface area contributed by atoms with Gasteiger partial charge in [0, 0.05) is 0 Å². The van der Waals surface area contributed by atoms with Crippen molar-refractivity contribution in [3.05, 3.63) is 68.8 Å². The molecule has 0 fully saturated rings. The van der Waals surface area contributed by atoms with Crippen molar-refractivity contribution >= 4 is 0 Å². The van der Waals surface area contributed by atoms with Crippen molar-refractivity contribution in [2.75, 3.05) is 0 Å². The van der Waals surface area contributed by atoms with Gasteiger partial charge in [0.15, 0.2) is 0 Å². The van der Waals surface area contributed by atoms with Crippen LogP contribution in [-0.2, 0) is 4.74 Å². The van der Waals surface area contributed by atoms with E-state index in [1.54, 1.807) is 0 Å². The molecule has 0 saturated carbocycles. The number of aryl methyl sites for hydroxylation is 4. The van der Waals surface area contributed by atoms with E-state index < -0.39 is 0 Å². The van der Waals surface area contributed by atoms with Crippen LogP contribution in [0.1, 0.15) is 56.7 Å². The summed E-state index contributed by atoms with van der Waals surface area (Å²) in [5.41, 5.74) is 11.0. The Morgan fingerprint density at radius 1 is 0.579 bits per heavy atom. The van der Waals surface area contributed by atoms with Crippen LogP contribution >= 0.6 is 0 Å². The second kappa shape index (κ2) is 3.49. The lowest BCUT2D eigenvalue weighted by Gasteiger charge is -2.19. The zero-order chi connectivity index (χ0) is 13.3. The highest BCUT2D eigenvalue weighted by molar-refractivity contribution is 5.57. The van der Waals surface area contributed by atoms with E-state index in [2.05, 4.69) is 52.0 Å². The maximum absolute atomic E-state index is 6.23. The molecule has 1 nitrogen and oxygen atoms in total. The highest BCUT2D eigenvalue weighted by Crippen LogP contribution is 2.54. The number of hydrogen-bond acceptors (Lipinski definition) is 1. The highest BCUT2D eigenvalue weighted by atomic mass is 16.5. The van der Waals surface area contributed by atoms with Crippen molar-refractivity contribution in [3.63, 3.8) is 0 Å². The number of hydrogen-bond donors (Lipinski definition) is 0. The molecule has 2 bridgehead atoms. The van der Waals surface area contributed by atoms with E-state index in [1.807, 2.05) is 0 Å². The Hall–Kier alpha value is -1.60. The summed E-state index contributed by atoms with van der Waals surface area (Å²) in [7, 11) is 0. The summed E-state index contributed by atoms with van der Waals surface area (Å²) in [6.45, 7) is 8.73.